The molecule has 0 aliphatic rings. The van der Waals surface area contributed by atoms with Crippen LogP contribution in [0.2, 0.25) is 0 Å². The molecule has 20 heavy (non-hydrogen) atoms. The Morgan fingerprint density at radius 1 is 1.00 bits per heavy atom. The minimum atomic E-state index is 0.789. The highest BCUT2D eigenvalue weighted by molar-refractivity contribution is 9.11. The minimum Gasteiger partial charge on any atom is -0.455 e. The van der Waals surface area contributed by atoms with Crippen LogP contribution in [-0.2, 0) is 0 Å². The molecule has 1 heterocycles. The average molecular weight is 395 g/mol. The first-order valence-corrected chi connectivity index (χ1v) is 7.85. The molecule has 0 saturated heterocycles. The molecule has 1 aromatic heterocycles. The average Bonchev–Trinajstić information content (AvgIpc) is 2.70. The molecule has 0 spiro atoms. The second kappa shape index (κ2) is 5.26. The van der Waals surface area contributed by atoms with Crippen LogP contribution in [0.25, 0.3) is 10.9 Å². The number of fused-ring (bicyclic) bond motifs is 1. The molecule has 3 rings (SSSR count). The Morgan fingerprint density at radius 2 is 1.70 bits per heavy atom. The number of hydrogen-bond donors (Lipinski definition) is 1. The highest BCUT2D eigenvalue weighted by atomic mass is 79.9. The molecule has 0 aliphatic carbocycles. The van der Waals surface area contributed by atoms with E-state index in [0.29, 0.717) is 0 Å². The molecule has 2 aromatic carbocycles. The fourth-order valence-electron chi connectivity index (χ4n) is 2.20. The quantitative estimate of drug-likeness (QED) is 0.557. The molecule has 0 fully saturated rings. The van der Waals surface area contributed by atoms with Gasteiger partial charge in [0.15, 0.2) is 5.75 Å². The molecule has 0 aliphatic heterocycles. The monoisotopic (exact) mass is 393 g/mol. The van der Waals surface area contributed by atoms with Crippen molar-refractivity contribution in [1.82, 2.24) is 4.98 Å². The van der Waals surface area contributed by atoms with Crippen LogP contribution in [-0.4, -0.2) is 4.98 Å². The lowest BCUT2D eigenvalue weighted by molar-refractivity contribution is 0.477. The number of ether oxygens (including phenoxy) is 1. The largest absolute Gasteiger partial charge is 0.455 e. The highest BCUT2D eigenvalue weighted by Gasteiger charge is 2.09. The molecule has 0 bridgehead atoms. The standard InChI is InChI=1S/C16H13Br2NO/c1-9-10(2)19-15-7-6-11(8-12(9)15)20-16-13(17)4-3-5-14(16)18/h3-8,19H,1-2H3. The predicted molar refractivity (Wildman–Crippen MR) is 89.7 cm³/mol. The lowest BCUT2D eigenvalue weighted by Gasteiger charge is -2.10. The van der Waals surface area contributed by atoms with Crippen LogP contribution in [0.15, 0.2) is 45.3 Å². The molecule has 0 amide bonds. The molecule has 3 aromatic rings. The fourth-order valence-corrected chi connectivity index (χ4v) is 3.36. The molecule has 0 saturated carbocycles. The number of aryl methyl sites for hydroxylation is 2. The zero-order valence-corrected chi connectivity index (χ0v) is 14.3. The van der Waals surface area contributed by atoms with Gasteiger partial charge in [-0.2, -0.15) is 0 Å². The van der Waals surface area contributed by atoms with Gasteiger partial charge in [0, 0.05) is 16.6 Å². The molecule has 4 heteroatoms. The summed E-state index contributed by atoms with van der Waals surface area (Å²) in [4.78, 5) is 3.37. The van der Waals surface area contributed by atoms with E-state index in [2.05, 4.69) is 62.8 Å². The second-order valence-electron chi connectivity index (χ2n) is 4.74. The normalized spacial score (nSPS) is 11.0. The Hall–Kier alpha value is -1.26. The number of benzene rings is 2. The van der Waals surface area contributed by atoms with E-state index in [9.17, 15) is 0 Å². The van der Waals surface area contributed by atoms with Gasteiger partial charge < -0.3 is 9.72 Å². The molecule has 0 atom stereocenters. The Balaban J connectivity index is 2.05. The summed E-state index contributed by atoms with van der Waals surface area (Å²) in [5.74, 6) is 1.61. The van der Waals surface area contributed by atoms with Crippen molar-refractivity contribution in [2.45, 2.75) is 13.8 Å². The van der Waals surface area contributed by atoms with E-state index in [1.807, 2.05) is 24.3 Å². The van der Waals surface area contributed by atoms with E-state index >= 15 is 0 Å². The maximum Gasteiger partial charge on any atom is 0.155 e. The Bertz CT molecular complexity index is 772. The van der Waals surface area contributed by atoms with Crippen LogP contribution < -0.4 is 4.74 Å². The smallest absolute Gasteiger partial charge is 0.155 e. The van der Waals surface area contributed by atoms with Gasteiger partial charge in [-0.25, -0.2) is 0 Å². The van der Waals surface area contributed by atoms with Crippen LogP contribution in [0.1, 0.15) is 11.3 Å². The third-order valence-corrected chi connectivity index (χ3v) is 4.67. The number of para-hydroxylation sites is 1. The Labute approximate surface area is 134 Å². The first-order chi connectivity index (χ1) is 9.56. The maximum atomic E-state index is 6.00. The zero-order chi connectivity index (χ0) is 14.3. The lowest BCUT2D eigenvalue weighted by atomic mass is 10.1. The van der Waals surface area contributed by atoms with E-state index in [-0.39, 0.29) is 0 Å². The summed E-state index contributed by atoms with van der Waals surface area (Å²) in [6.45, 7) is 4.20. The summed E-state index contributed by atoms with van der Waals surface area (Å²) in [5, 5.41) is 1.20. The summed E-state index contributed by atoms with van der Waals surface area (Å²) in [6.07, 6.45) is 0. The SMILES string of the molecule is Cc1[nH]c2ccc(Oc3c(Br)cccc3Br)cc2c1C. The number of hydrogen-bond acceptors (Lipinski definition) is 1. The Kier molecular flexibility index (Phi) is 3.61. The first-order valence-electron chi connectivity index (χ1n) is 6.27. The summed E-state index contributed by atoms with van der Waals surface area (Å²) in [5.41, 5.74) is 3.59. The van der Waals surface area contributed by atoms with Crippen molar-refractivity contribution in [3.63, 3.8) is 0 Å². The van der Waals surface area contributed by atoms with Crippen LogP contribution in [0, 0.1) is 13.8 Å². The third kappa shape index (κ3) is 2.38. The molecule has 0 radical (unpaired) electrons. The molecular formula is C16H13Br2NO. The van der Waals surface area contributed by atoms with Crippen molar-refractivity contribution in [1.29, 1.82) is 0 Å². The maximum absolute atomic E-state index is 6.00. The van der Waals surface area contributed by atoms with Crippen molar-refractivity contribution in [2.75, 3.05) is 0 Å². The van der Waals surface area contributed by atoms with Crippen LogP contribution in [0.5, 0.6) is 11.5 Å². The van der Waals surface area contributed by atoms with Gasteiger partial charge in [-0.3, -0.25) is 0 Å². The zero-order valence-electron chi connectivity index (χ0n) is 11.1. The summed E-state index contributed by atoms with van der Waals surface area (Å²) >= 11 is 7.02. The first kappa shape index (κ1) is 13.7. The van der Waals surface area contributed by atoms with Crippen LogP contribution >= 0.6 is 31.9 Å². The van der Waals surface area contributed by atoms with Crippen molar-refractivity contribution in [2.24, 2.45) is 0 Å². The molecular weight excluding hydrogens is 382 g/mol. The van der Waals surface area contributed by atoms with Gasteiger partial charge in [0.1, 0.15) is 5.75 Å². The minimum absolute atomic E-state index is 0.789. The van der Waals surface area contributed by atoms with Gasteiger partial charge in [0.05, 0.1) is 8.95 Å². The van der Waals surface area contributed by atoms with E-state index in [1.54, 1.807) is 0 Å². The van der Waals surface area contributed by atoms with Gasteiger partial charge in [-0.05, 0) is 81.6 Å². The van der Waals surface area contributed by atoms with E-state index < -0.39 is 0 Å². The van der Waals surface area contributed by atoms with Gasteiger partial charge in [0.25, 0.3) is 0 Å². The van der Waals surface area contributed by atoms with Gasteiger partial charge in [0.2, 0.25) is 0 Å². The van der Waals surface area contributed by atoms with Crippen molar-refractivity contribution in [3.8, 4) is 11.5 Å². The third-order valence-electron chi connectivity index (χ3n) is 3.42. The van der Waals surface area contributed by atoms with E-state index in [1.165, 1.54) is 16.6 Å². The summed E-state index contributed by atoms with van der Waals surface area (Å²) in [6, 6.07) is 12.0. The topological polar surface area (TPSA) is 25.0 Å². The molecule has 1 N–H and O–H groups in total. The van der Waals surface area contributed by atoms with Gasteiger partial charge in [-0.1, -0.05) is 6.07 Å². The summed E-state index contributed by atoms with van der Waals surface area (Å²) in [7, 11) is 0. The Morgan fingerprint density at radius 3 is 2.40 bits per heavy atom. The number of rotatable bonds is 2. The molecule has 0 unspecified atom stereocenters. The number of aromatic amines is 1. The fraction of sp³-hybridized carbons (Fsp3) is 0.125. The van der Waals surface area contributed by atoms with E-state index in [0.717, 1.165) is 26.0 Å². The summed E-state index contributed by atoms with van der Waals surface area (Å²) < 4.78 is 7.85. The number of halogens is 2. The number of nitrogens with one attached hydrogen (secondary N) is 1. The highest BCUT2D eigenvalue weighted by Crippen LogP contribution is 2.37. The molecule has 2 nitrogen and oxygen atoms in total. The number of aromatic nitrogens is 1. The van der Waals surface area contributed by atoms with Crippen LogP contribution in [0.4, 0.5) is 0 Å². The van der Waals surface area contributed by atoms with E-state index in [4.69, 9.17) is 4.74 Å². The van der Waals surface area contributed by atoms with Crippen LogP contribution in [0.3, 0.4) is 0 Å². The van der Waals surface area contributed by atoms with Crippen molar-refractivity contribution in [3.05, 3.63) is 56.6 Å². The second-order valence-corrected chi connectivity index (χ2v) is 6.44. The van der Waals surface area contributed by atoms with Gasteiger partial charge in [-0.15, -0.1) is 0 Å². The van der Waals surface area contributed by atoms with Crippen molar-refractivity contribution < 1.29 is 4.74 Å². The van der Waals surface area contributed by atoms with Gasteiger partial charge >= 0.3 is 0 Å². The van der Waals surface area contributed by atoms with Crippen molar-refractivity contribution >= 4 is 42.8 Å². The molecule has 102 valence electrons. The number of H-pyrrole nitrogens is 1. The lowest BCUT2D eigenvalue weighted by Crippen LogP contribution is -1.87. The predicted octanol–water partition coefficient (Wildman–Crippen LogP) is 6.10.